The number of furan rings is 1. The number of ether oxygens (including phenoxy) is 1. The number of rotatable bonds is 3. The molecule has 0 aliphatic rings. The summed E-state index contributed by atoms with van der Waals surface area (Å²) in [5.41, 5.74) is 0.783. The molecule has 1 heterocycles. The summed E-state index contributed by atoms with van der Waals surface area (Å²) in [6.45, 7) is 2.12. The second kappa shape index (κ2) is 4.15. The minimum atomic E-state index is 0.670. The standard InChI is InChI=1S/C12H13ClO2/c1-3-4-10-6-8-5-9(13)7-11(14-2)12(8)15-10/h5-7H,3-4H2,1-2H3. The first-order valence-corrected chi connectivity index (χ1v) is 5.38. The molecule has 0 radical (unpaired) electrons. The van der Waals surface area contributed by atoms with Gasteiger partial charge in [0.25, 0.3) is 0 Å². The van der Waals surface area contributed by atoms with E-state index in [2.05, 4.69) is 6.92 Å². The van der Waals surface area contributed by atoms with Crippen molar-refractivity contribution in [3.63, 3.8) is 0 Å². The van der Waals surface area contributed by atoms with E-state index in [4.69, 9.17) is 20.8 Å². The molecule has 0 fully saturated rings. The summed E-state index contributed by atoms with van der Waals surface area (Å²) >= 11 is 5.97. The molecule has 0 N–H and O–H groups in total. The van der Waals surface area contributed by atoms with Gasteiger partial charge in [-0.3, -0.25) is 0 Å². The van der Waals surface area contributed by atoms with Gasteiger partial charge >= 0.3 is 0 Å². The fourth-order valence-electron chi connectivity index (χ4n) is 1.66. The van der Waals surface area contributed by atoms with E-state index in [-0.39, 0.29) is 0 Å². The number of methoxy groups -OCH3 is 1. The number of halogens is 1. The maximum Gasteiger partial charge on any atom is 0.176 e. The number of hydrogen-bond acceptors (Lipinski definition) is 2. The van der Waals surface area contributed by atoms with Crippen LogP contribution in [0.1, 0.15) is 19.1 Å². The Kier molecular flexibility index (Phi) is 2.87. The molecular weight excluding hydrogens is 212 g/mol. The van der Waals surface area contributed by atoms with Crippen LogP contribution in [0.15, 0.2) is 22.6 Å². The third kappa shape index (κ3) is 1.95. The molecule has 0 spiro atoms. The van der Waals surface area contributed by atoms with E-state index in [0.29, 0.717) is 10.8 Å². The first kappa shape index (κ1) is 10.4. The lowest BCUT2D eigenvalue weighted by Crippen LogP contribution is -1.82. The Morgan fingerprint density at radius 2 is 2.13 bits per heavy atom. The fraction of sp³-hybridized carbons (Fsp3) is 0.333. The zero-order valence-electron chi connectivity index (χ0n) is 8.84. The molecule has 2 rings (SSSR count). The summed E-state index contributed by atoms with van der Waals surface area (Å²) in [5, 5.41) is 1.67. The van der Waals surface area contributed by atoms with Gasteiger partial charge in [0.2, 0.25) is 0 Å². The third-order valence-electron chi connectivity index (χ3n) is 2.31. The molecule has 1 aromatic carbocycles. The van der Waals surface area contributed by atoms with Crippen LogP contribution in [0.25, 0.3) is 11.0 Å². The van der Waals surface area contributed by atoms with Gasteiger partial charge in [-0.1, -0.05) is 18.5 Å². The van der Waals surface area contributed by atoms with Crippen LogP contribution < -0.4 is 4.74 Å². The molecule has 0 amide bonds. The van der Waals surface area contributed by atoms with Gasteiger partial charge in [-0.05, 0) is 18.6 Å². The van der Waals surface area contributed by atoms with E-state index >= 15 is 0 Å². The van der Waals surface area contributed by atoms with Crippen molar-refractivity contribution in [2.75, 3.05) is 7.11 Å². The minimum Gasteiger partial charge on any atom is -0.493 e. The average Bonchev–Trinajstić information content (AvgIpc) is 2.59. The van der Waals surface area contributed by atoms with Gasteiger partial charge in [-0.15, -0.1) is 0 Å². The quantitative estimate of drug-likeness (QED) is 0.785. The van der Waals surface area contributed by atoms with Crippen molar-refractivity contribution >= 4 is 22.6 Å². The summed E-state index contributed by atoms with van der Waals surface area (Å²) in [7, 11) is 1.62. The Morgan fingerprint density at radius 3 is 2.80 bits per heavy atom. The van der Waals surface area contributed by atoms with Crippen molar-refractivity contribution in [1.29, 1.82) is 0 Å². The second-order valence-corrected chi connectivity index (χ2v) is 3.93. The van der Waals surface area contributed by atoms with E-state index in [1.54, 1.807) is 13.2 Å². The summed E-state index contributed by atoms with van der Waals surface area (Å²) in [6, 6.07) is 5.68. The van der Waals surface area contributed by atoms with Gasteiger partial charge in [0.15, 0.2) is 11.3 Å². The Labute approximate surface area is 93.8 Å². The highest BCUT2D eigenvalue weighted by Crippen LogP contribution is 2.32. The van der Waals surface area contributed by atoms with Crippen LogP contribution >= 0.6 is 11.6 Å². The van der Waals surface area contributed by atoms with E-state index in [0.717, 1.165) is 29.6 Å². The third-order valence-corrected chi connectivity index (χ3v) is 2.53. The van der Waals surface area contributed by atoms with E-state index in [1.165, 1.54) is 0 Å². The Balaban J connectivity index is 2.58. The van der Waals surface area contributed by atoms with Gasteiger partial charge < -0.3 is 9.15 Å². The number of fused-ring (bicyclic) bond motifs is 1. The highest BCUT2D eigenvalue weighted by Gasteiger charge is 2.09. The molecule has 80 valence electrons. The van der Waals surface area contributed by atoms with Gasteiger partial charge in [0.05, 0.1) is 7.11 Å². The first-order chi connectivity index (χ1) is 7.24. The molecule has 0 aliphatic carbocycles. The molecule has 0 atom stereocenters. The highest BCUT2D eigenvalue weighted by molar-refractivity contribution is 6.31. The predicted octanol–water partition coefficient (Wildman–Crippen LogP) is 4.05. The second-order valence-electron chi connectivity index (χ2n) is 3.49. The Bertz CT molecular complexity index is 474. The minimum absolute atomic E-state index is 0.670. The summed E-state index contributed by atoms with van der Waals surface area (Å²) < 4.78 is 10.9. The molecule has 2 nitrogen and oxygen atoms in total. The van der Waals surface area contributed by atoms with Crippen molar-refractivity contribution < 1.29 is 9.15 Å². The highest BCUT2D eigenvalue weighted by atomic mass is 35.5. The number of benzene rings is 1. The van der Waals surface area contributed by atoms with Crippen molar-refractivity contribution in [1.82, 2.24) is 0 Å². The van der Waals surface area contributed by atoms with Gasteiger partial charge in [0.1, 0.15) is 5.76 Å². The molecule has 0 bridgehead atoms. The zero-order valence-corrected chi connectivity index (χ0v) is 9.60. The van der Waals surface area contributed by atoms with Crippen molar-refractivity contribution in [3.05, 3.63) is 29.0 Å². The molecule has 0 saturated carbocycles. The van der Waals surface area contributed by atoms with Gasteiger partial charge in [-0.25, -0.2) is 0 Å². The van der Waals surface area contributed by atoms with E-state index in [9.17, 15) is 0 Å². The fourth-order valence-corrected chi connectivity index (χ4v) is 1.88. The topological polar surface area (TPSA) is 22.4 Å². The molecule has 15 heavy (non-hydrogen) atoms. The lowest BCUT2D eigenvalue weighted by molar-refractivity contribution is 0.407. The van der Waals surface area contributed by atoms with Crippen LogP contribution in [0, 0.1) is 0 Å². The molecular formula is C12H13ClO2. The zero-order chi connectivity index (χ0) is 10.8. The largest absolute Gasteiger partial charge is 0.493 e. The van der Waals surface area contributed by atoms with Crippen LogP contribution in [0.5, 0.6) is 5.75 Å². The molecule has 0 unspecified atom stereocenters. The lowest BCUT2D eigenvalue weighted by Gasteiger charge is -2.00. The van der Waals surface area contributed by atoms with Gasteiger partial charge in [-0.2, -0.15) is 0 Å². The Hall–Kier alpha value is -1.15. The maximum absolute atomic E-state index is 5.97. The van der Waals surface area contributed by atoms with E-state index in [1.807, 2.05) is 12.1 Å². The molecule has 0 saturated heterocycles. The average molecular weight is 225 g/mol. The molecule has 1 aromatic heterocycles. The molecule has 2 aromatic rings. The lowest BCUT2D eigenvalue weighted by atomic mass is 10.2. The van der Waals surface area contributed by atoms with Crippen molar-refractivity contribution in [2.45, 2.75) is 19.8 Å². The normalized spacial score (nSPS) is 10.9. The number of hydrogen-bond donors (Lipinski definition) is 0. The Morgan fingerprint density at radius 1 is 1.33 bits per heavy atom. The van der Waals surface area contributed by atoms with Crippen molar-refractivity contribution in [2.24, 2.45) is 0 Å². The molecule has 3 heteroatoms. The SMILES string of the molecule is CCCc1cc2cc(Cl)cc(OC)c2o1. The van der Waals surface area contributed by atoms with Crippen LogP contribution in [0.3, 0.4) is 0 Å². The van der Waals surface area contributed by atoms with Crippen LogP contribution in [0.4, 0.5) is 0 Å². The maximum atomic E-state index is 5.97. The predicted molar refractivity (Wildman–Crippen MR) is 61.8 cm³/mol. The number of aryl methyl sites for hydroxylation is 1. The van der Waals surface area contributed by atoms with Crippen LogP contribution in [-0.2, 0) is 6.42 Å². The summed E-state index contributed by atoms with van der Waals surface area (Å²) in [4.78, 5) is 0. The molecule has 0 aliphatic heterocycles. The summed E-state index contributed by atoms with van der Waals surface area (Å²) in [5.74, 6) is 1.67. The van der Waals surface area contributed by atoms with Crippen molar-refractivity contribution in [3.8, 4) is 5.75 Å². The van der Waals surface area contributed by atoms with Crippen LogP contribution in [-0.4, -0.2) is 7.11 Å². The van der Waals surface area contributed by atoms with Crippen LogP contribution in [0.2, 0.25) is 5.02 Å². The first-order valence-electron chi connectivity index (χ1n) is 5.00. The monoisotopic (exact) mass is 224 g/mol. The van der Waals surface area contributed by atoms with Gasteiger partial charge in [0, 0.05) is 22.9 Å². The smallest absolute Gasteiger partial charge is 0.176 e. The van der Waals surface area contributed by atoms with E-state index < -0.39 is 0 Å². The summed E-state index contributed by atoms with van der Waals surface area (Å²) in [6.07, 6.45) is 2.01.